The SMILES string of the molecule is CC12CCC(=O)C=C1CCC1C2C(=O)CC2(C)C1CCC21OC(=O)C(O)C1O. The molecule has 28 heavy (non-hydrogen) atoms. The maximum absolute atomic E-state index is 13.5. The molecule has 3 saturated carbocycles. The molecule has 0 radical (unpaired) electrons. The standard InChI is InChI=1S/C22H28O6/c1-20-7-5-12(23)9-11(20)3-4-13-14-6-8-22(18(26)17(25)19(27)28-22)21(14,2)10-15(24)16(13)20/h9,13-14,16-18,25-26H,3-8,10H2,1-2H3. The number of carbonyl (C=O) groups excluding carboxylic acids is 3. The van der Waals surface area contributed by atoms with Crippen molar-refractivity contribution < 1.29 is 29.3 Å². The molecule has 5 aliphatic rings. The highest BCUT2D eigenvalue weighted by Gasteiger charge is 2.73. The molecule has 6 heteroatoms. The third-order valence-electron chi connectivity index (χ3n) is 9.14. The molecular weight excluding hydrogens is 360 g/mol. The van der Waals surface area contributed by atoms with E-state index in [0.717, 1.165) is 31.3 Å². The molecular formula is C22H28O6. The third kappa shape index (κ3) is 1.98. The van der Waals surface area contributed by atoms with E-state index in [2.05, 4.69) is 6.92 Å². The first-order valence-electron chi connectivity index (χ1n) is 10.5. The second-order valence-electron chi connectivity index (χ2n) is 10.1. The number of esters is 1. The number of ketones is 2. The normalized spacial score (nSPS) is 52.8. The van der Waals surface area contributed by atoms with Crippen LogP contribution >= 0.6 is 0 Å². The fourth-order valence-corrected chi connectivity index (χ4v) is 7.74. The summed E-state index contributed by atoms with van der Waals surface area (Å²) < 4.78 is 5.63. The van der Waals surface area contributed by atoms with Crippen molar-refractivity contribution in [3.8, 4) is 0 Å². The highest BCUT2D eigenvalue weighted by Crippen LogP contribution is 2.68. The fraction of sp³-hybridized carbons (Fsp3) is 0.773. The van der Waals surface area contributed by atoms with E-state index in [4.69, 9.17) is 4.74 Å². The summed E-state index contributed by atoms with van der Waals surface area (Å²) in [4.78, 5) is 37.5. The number of ether oxygens (including phenoxy) is 1. The van der Waals surface area contributed by atoms with Gasteiger partial charge < -0.3 is 14.9 Å². The van der Waals surface area contributed by atoms with Crippen LogP contribution < -0.4 is 0 Å². The zero-order valence-electron chi connectivity index (χ0n) is 16.4. The molecule has 5 rings (SSSR count). The van der Waals surface area contributed by atoms with Crippen molar-refractivity contribution >= 4 is 17.5 Å². The van der Waals surface area contributed by atoms with Crippen molar-refractivity contribution in [1.29, 1.82) is 0 Å². The van der Waals surface area contributed by atoms with Crippen LogP contribution in [0, 0.1) is 28.6 Å². The monoisotopic (exact) mass is 388 g/mol. The zero-order chi connectivity index (χ0) is 20.1. The molecule has 0 aromatic rings. The molecule has 8 unspecified atom stereocenters. The summed E-state index contributed by atoms with van der Waals surface area (Å²) in [6.45, 7) is 4.10. The van der Waals surface area contributed by atoms with Gasteiger partial charge in [-0.05, 0) is 55.4 Å². The van der Waals surface area contributed by atoms with Gasteiger partial charge in [-0.15, -0.1) is 0 Å². The van der Waals surface area contributed by atoms with E-state index in [9.17, 15) is 24.6 Å². The average molecular weight is 388 g/mol. The first kappa shape index (κ1) is 18.5. The molecule has 1 spiro atoms. The van der Waals surface area contributed by atoms with Crippen LogP contribution in [0.5, 0.6) is 0 Å². The highest BCUT2D eigenvalue weighted by atomic mass is 16.6. The summed E-state index contributed by atoms with van der Waals surface area (Å²) in [5, 5.41) is 20.8. The van der Waals surface area contributed by atoms with Crippen LogP contribution in [0.25, 0.3) is 0 Å². The quantitative estimate of drug-likeness (QED) is 0.613. The summed E-state index contributed by atoms with van der Waals surface area (Å²) in [5.41, 5.74) is -0.985. The predicted octanol–water partition coefficient (Wildman–Crippen LogP) is 1.71. The van der Waals surface area contributed by atoms with E-state index in [-0.39, 0.29) is 41.2 Å². The molecule has 0 aromatic carbocycles. The van der Waals surface area contributed by atoms with Gasteiger partial charge in [0.1, 0.15) is 17.5 Å². The van der Waals surface area contributed by atoms with Crippen molar-refractivity contribution in [2.75, 3.05) is 0 Å². The molecule has 2 N–H and O–H groups in total. The number of rotatable bonds is 0. The topological polar surface area (TPSA) is 101 Å². The Hall–Kier alpha value is -1.53. The average Bonchev–Trinajstić information content (AvgIpc) is 3.04. The van der Waals surface area contributed by atoms with Crippen LogP contribution in [-0.4, -0.2) is 45.6 Å². The van der Waals surface area contributed by atoms with Gasteiger partial charge in [0.2, 0.25) is 0 Å². The largest absolute Gasteiger partial charge is 0.454 e. The lowest BCUT2D eigenvalue weighted by Crippen LogP contribution is -2.61. The van der Waals surface area contributed by atoms with E-state index >= 15 is 0 Å². The summed E-state index contributed by atoms with van der Waals surface area (Å²) in [5.74, 6) is -0.280. The van der Waals surface area contributed by atoms with Crippen LogP contribution in [0.2, 0.25) is 0 Å². The number of fused-ring (bicyclic) bond motifs is 6. The maximum Gasteiger partial charge on any atom is 0.338 e. The molecule has 6 nitrogen and oxygen atoms in total. The minimum Gasteiger partial charge on any atom is -0.454 e. The Bertz CT molecular complexity index is 816. The van der Waals surface area contributed by atoms with Crippen LogP contribution in [0.3, 0.4) is 0 Å². The lowest BCUT2D eigenvalue weighted by molar-refractivity contribution is -0.184. The minimum atomic E-state index is -1.54. The van der Waals surface area contributed by atoms with Gasteiger partial charge in [0.05, 0.1) is 0 Å². The van der Waals surface area contributed by atoms with Gasteiger partial charge in [-0.2, -0.15) is 0 Å². The van der Waals surface area contributed by atoms with Crippen molar-refractivity contribution in [2.45, 2.75) is 76.6 Å². The maximum atomic E-state index is 13.5. The second kappa shape index (κ2) is 5.54. The Morgan fingerprint density at radius 1 is 1.07 bits per heavy atom. The molecule has 1 heterocycles. The van der Waals surface area contributed by atoms with Gasteiger partial charge in [-0.25, -0.2) is 4.79 Å². The summed E-state index contributed by atoms with van der Waals surface area (Å²) >= 11 is 0. The van der Waals surface area contributed by atoms with Crippen molar-refractivity contribution in [3.05, 3.63) is 11.6 Å². The lowest BCUT2D eigenvalue weighted by atomic mass is 9.45. The fourth-order valence-electron chi connectivity index (χ4n) is 7.74. The minimum absolute atomic E-state index is 0.118. The number of Topliss-reactive ketones (excluding diaryl/α,β-unsaturated/α-hetero) is 1. The molecule has 1 saturated heterocycles. The van der Waals surface area contributed by atoms with E-state index in [0.29, 0.717) is 12.8 Å². The molecule has 0 amide bonds. The second-order valence-corrected chi connectivity index (χ2v) is 10.1. The smallest absolute Gasteiger partial charge is 0.338 e. The van der Waals surface area contributed by atoms with E-state index in [1.165, 1.54) is 0 Å². The highest BCUT2D eigenvalue weighted by molar-refractivity contribution is 5.93. The lowest BCUT2D eigenvalue weighted by Gasteiger charge is -2.58. The summed E-state index contributed by atoms with van der Waals surface area (Å²) in [6, 6.07) is 0. The van der Waals surface area contributed by atoms with E-state index in [1.54, 1.807) is 6.08 Å². The van der Waals surface area contributed by atoms with Gasteiger partial charge in [0.15, 0.2) is 11.9 Å². The molecule has 8 atom stereocenters. The Morgan fingerprint density at radius 3 is 2.50 bits per heavy atom. The number of hydrogen-bond acceptors (Lipinski definition) is 6. The summed E-state index contributed by atoms with van der Waals surface area (Å²) in [6.07, 6.45) is 3.31. The summed E-state index contributed by atoms with van der Waals surface area (Å²) in [7, 11) is 0. The number of aliphatic hydroxyl groups is 2. The zero-order valence-corrected chi connectivity index (χ0v) is 16.4. The molecule has 1 aliphatic heterocycles. The first-order valence-corrected chi connectivity index (χ1v) is 10.5. The number of carbonyl (C=O) groups is 3. The van der Waals surface area contributed by atoms with Crippen molar-refractivity contribution in [3.63, 3.8) is 0 Å². The Balaban J connectivity index is 1.56. The van der Waals surface area contributed by atoms with E-state index in [1.807, 2.05) is 6.92 Å². The van der Waals surface area contributed by atoms with Crippen molar-refractivity contribution in [2.24, 2.45) is 28.6 Å². The van der Waals surface area contributed by atoms with Crippen LogP contribution in [0.15, 0.2) is 11.6 Å². The van der Waals surface area contributed by atoms with Crippen LogP contribution in [0.1, 0.15) is 58.8 Å². The predicted molar refractivity (Wildman–Crippen MR) is 97.9 cm³/mol. The number of hydrogen-bond donors (Lipinski definition) is 2. The van der Waals surface area contributed by atoms with Gasteiger partial charge in [-0.3, -0.25) is 9.59 Å². The first-order chi connectivity index (χ1) is 13.1. The number of aliphatic hydroxyl groups excluding tert-OH is 2. The van der Waals surface area contributed by atoms with Crippen molar-refractivity contribution in [1.82, 2.24) is 0 Å². The van der Waals surface area contributed by atoms with E-state index < -0.39 is 29.2 Å². The Kier molecular flexibility index (Phi) is 3.66. The third-order valence-corrected chi connectivity index (χ3v) is 9.14. The molecule has 152 valence electrons. The molecule has 4 aliphatic carbocycles. The van der Waals surface area contributed by atoms with Gasteiger partial charge in [0.25, 0.3) is 0 Å². The van der Waals surface area contributed by atoms with Gasteiger partial charge in [-0.1, -0.05) is 19.4 Å². The Morgan fingerprint density at radius 2 is 1.82 bits per heavy atom. The number of allylic oxidation sites excluding steroid dienone is 1. The van der Waals surface area contributed by atoms with Crippen LogP contribution in [-0.2, 0) is 19.1 Å². The van der Waals surface area contributed by atoms with Gasteiger partial charge >= 0.3 is 5.97 Å². The van der Waals surface area contributed by atoms with Crippen LogP contribution in [0.4, 0.5) is 0 Å². The molecule has 4 fully saturated rings. The Labute approximate surface area is 164 Å². The van der Waals surface area contributed by atoms with Gasteiger partial charge in [0, 0.05) is 24.2 Å². The molecule has 0 aromatic heterocycles. The molecule has 0 bridgehead atoms.